The number of hydrogen-bond acceptors (Lipinski definition) is 2. The maximum Gasteiger partial charge on any atom is 0.0762 e. The maximum absolute atomic E-state index is 4.33. The highest BCUT2D eigenvalue weighted by Crippen LogP contribution is 2.03. The van der Waals surface area contributed by atoms with Gasteiger partial charge in [0.25, 0.3) is 0 Å². The van der Waals surface area contributed by atoms with Crippen molar-refractivity contribution in [3.63, 3.8) is 0 Å². The Labute approximate surface area is 109 Å². The van der Waals surface area contributed by atoms with Gasteiger partial charge in [-0.1, -0.05) is 30.3 Å². The number of aromatic nitrogens is 2. The average molecular weight is 243 g/mol. The predicted octanol–water partition coefficient (Wildman–Crippen LogP) is 2.53. The Morgan fingerprint density at radius 2 is 1.94 bits per heavy atom. The first-order valence-electron chi connectivity index (χ1n) is 6.58. The summed E-state index contributed by atoms with van der Waals surface area (Å²) < 4.78 is 1.84. The van der Waals surface area contributed by atoms with E-state index in [1.54, 1.807) is 0 Å². The van der Waals surface area contributed by atoms with E-state index in [4.69, 9.17) is 0 Å². The SMILES string of the molecule is Cn1ccc(CNCCCCc2ccccc2)n1. The number of hydrogen-bond donors (Lipinski definition) is 1. The Balaban J connectivity index is 1.54. The van der Waals surface area contributed by atoms with Crippen molar-refractivity contribution in [2.45, 2.75) is 25.8 Å². The van der Waals surface area contributed by atoms with Gasteiger partial charge in [-0.3, -0.25) is 4.68 Å². The van der Waals surface area contributed by atoms with Crippen LogP contribution in [0.3, 0.4) is 0 Å². The Kier molecular flexibility index (Phi) is 4.97. The van der Waals surface area contributed by atoms with Crippen LogP contribution in [0.4, 0.5) is 0 Å². The molecule has 0 saturated heterocycles. The monoisotopic (exact) mass is 243 g/mol. The van der Waals surface area contributed by atoms with Crippen LogP contribution in [-0.2, 0) is 20.0 Å². The third-order valence-electron chi connectivity index (χ3n) is 2.99. The summed E-state index contributed by atoms with van der Waals surface area (Å²) in [7, 11) is 1.95. The van der Waals surface area contributed by atoms with Gasteiger partial charge < -0.3 is 5.32 Å². The van der Waals surface area contributed by atoms with Crippen LogP contribution in [0, 0.1) is 0 Å². The van der Waals surface area contributed by atoms with Gasteiger partial charge in [0.05, 0.1) is 5.69 Å². The molecule has 1 aromatic carbocycles. The molecule has 0 amide bonds. The molecule has 0 radical (unpaired) electrons. The molecule has 96 valence electrons. The molecule has 0 atom stereocenters. The van der Waals surface area contributed by atoms with Crippen molar-refractivity contribution in [2.75, 3.05) is 6.54 Å². The molecule has 0 aliphatic heterocycles. The lowest BCUT2D eigenvalue weighted by atomic mass is 10.1. The van der Waals surface area contributed by atoms with Crippen molar-refractivity contribution in [3.8, 4) is 0 Å². The highest BCUT2D eigenvalue weighted by atomic mass is 15.3. The topological polar surface area (TPSA) is 29.9 Å². The third-order valence-corrected chi connectivity index (χ3v) is 2.99. The van der Waals surface area contributed by atoms with E-state index in [2.05, 4.69) is 46.8 Å². The van der Waals surface area contributed by atoms with Gasteiger partial charge in [-0.2, -0.15) is 5.10 Å². The summed E-state index contributed by atoms with van der Waals surface area (Å²) in [6.45, 7) is 1.93. The molecule has 0 bridgehead atoms. The molecular weight excluding hydrogens is 222 g/mol. The fraction of sp³-hybridized carbons (Fsp3) is 0.400. The number of benzene rings is 1. The van der Waals surface area contributed by atoms with Crippen molar-refractivity contribution in [3.05, 3.63) is 53.9 Å². The fourth-order valence-electron chi connectivity index (χ4n) is 2.00. The predicted molar refractivity (Wildman–Crippen MR) is 74.3 cm³/mol. The van der Waals surface area contributed by atoms with E-state index in [1.807, 2.05) is 17.9 Å². The normalized spacial score (nSPS) is 10.7. The molecular formula is C15H21N3. The van der Waals surface area contributed by atoms with Gasteiger partial charge in [0.2, 0.25) is 0 Å². The molecule has 0 spiro atoms. The number of aryl methyl sites for hydroxylation is 2. The number of nitrogens with one attached hydrogen (secondary N) is 1. The highest BCUT2D eigenvalue weighted by molar-refractivity contribution is 5.14. The second kappa shape index (κ2) is 6.97. The van der Waals surface area contributed by atoms with E-state index in [9.17, 15) is 0 Å². The van der Waals surface area contributed by atoms with E-state index in [-0.39, 0.29) is 0 Å². The zero-order valence-corrected chi connectivity index (χ0v) is 11.0. The van der Waals surface area contributed by atoms with Crippen LogP contribution in [0.25, 0.3) is 0 Å². The van der Waals surface area contributed by atoms with Gasteiger partial charge in [-0.15, -0.1) is 0 Å². The van der Waals surface area contributed by atoms with Gasteiger partial charge in [-0.05, 0) is 37.4 Å². The minimum atomic E-state index is 0.867. The Hall–Kier alpha value is -1.61. The molecule has 0 saturated carbocycles. The van der Waals surface area contributed by atoms with Crippen LogP contribution < -0.4 is 5.32 Å². The first-order chi connectivity index (χ1) is 8.84. The molecule has 3 nitrogen and oxygen atoms in total. The zero-order chi connectivity index (χ0) is 12.6. The van der Waals surface area contributed by atoms with Crippen molar-refractivity contribution >= 4 is 0 Å². The van der Waals surface area contributed by atoms with Crippen LogP contribution in [-0.4, -0.2) is 16.3 Å². The number of rotatable bonds is 7. The zero-order valence-electron chi connectivity index (χ0n) is 11.0. The van der Waals surface area contributed by atoms with Crippen molar-refractivity contribution in [1.82, 2.24) is 15.1 Å². The summed E-state index contributed by atoms with van der Waals surface area (Å²) in [4.78, 5) is 0. The van der Waals surface area contributed by atoms with E-state index in [0.717, 1.165) is 18.8 Å². The van der Waals surface area contributed by atoms with Crippen LogP contribution in [0.15, 0.2) is 42.6 Å². The summed E-state index contributed by atoms with van der Waals surface area (Å²) in [6.07, 6.45) is 5.60. The molecule has 2 rings (SSSR count). The lowest BCUT2D eigenvalue weighted by Crippen LogP contribution is -2.15. The average Bonchev–Trinajstić information content (AvgIpc) is 2.81. The maximum atomic E-state index is 4.33. The molecule has 0 fully saturated rings. The lowest BCUT2D eigenvalue weighted by molar-refractivity contribution is 0.608. The molecule has 2 aromatic rings. The summed E-state index contributed by atoms with van der Waals surface area (Å²) in [5, 5.41) is 7.76. The van der Waals surface area contributed by atoms with Crippen molar-refractivity contribution < 1.29 is 0 Å². The Bertz CT molecular complexity index is 448. The molecule has 3 heteroatoms. The summed E-state index contributed by atoms with van der Waals surface area (Å²) >= 11 is 0. The molecule has 1 aromatic heterocycles. The summed E-state index contributed by atoms with van der Waals surface area (Å²) in [6, 6.07) is 12.7. The second-order valence-electron chi connectivity index (χ2n) is 4.60. The van der Waals surface area contributed by atoms with E-state index in [1.165, 1.54) is 24.8 Å². The summed E-state index contributed by atoms with van der Waals surface area (Å²) in [5.74, 6) is 0. The van der Waals surface area contributed by atoms with Gasteiger partial charge >= 0.3 is 0 Å². The molecule has 1 N–H and O–H groups in total. The van der Waals surface area contributed by atoms with Crippen LogP contribution >= 0.6 is 0 Å². The standard InChI is InChI=1S/C15H21N3/c1-18-12-10-15(17-18)13-16-11-6-5-9-14-7-3-2-4-8-14/h2-4,7-8,10,12,16H,5-6,9,11,13H2,1H3. The first kappa shape index (κ1) is 12.8. The molecule has 18 heavy (non-hydrogen) atoms. The highest BCUT2D eigenvalue weighted by Gasteiger charge is 1.96. The van der Waals surface area contributed by atoms with Gasteiger partial charge in [0, 0.05) is 19.8 Å². The quantitative estimate of drug-likeness (QED) is 0.757. The minimum Gasteiger partial charge on any atom is -0.311 e. The van der Waals surface area contributed by atoms with Gasteiger partial charge in [0.15, 0.2) is 0 Å². The minimum absolute atomic E-state index is 0.867. The Morgan fingerprint density at radius 1 is 1.11 bits per heavy atom. The largest absolute Gasteiger partial charge is 0.311 e. The van der Waals surface area contributed by atoms with Crippen LogP contribution in [0.5, 0.6) is 0 Å². The van der Waals surface area contributed by atoms with E-state index >= 15 is 0 Å². The molecule has 0 aliphatic rings. The fourth-order valence-corrected chi connectivity index (χ4v) is 2.00. The van der Waals surface area contributed by atoms with E-state index in [0.29, 0.717) is 0 Å². The molecule has 0 aliphatic carbocycles. The van der Waals surface area contributed by atoms with Crippen LogP contribution in [0.1, 0.15) is 24.1 Å². The smallest absolute Gasteiger partial charge is 0.0762 e. The van der Waals surface area contributed by atoms with Gasteiger partial charge in [0.1, 0.15) is 0 Å². The lowest BCUT2D eigenvalue weighted by Gasteiger charge is -2.03. The molecule has 1 heterocycles. The number of unbranched alkanes of at least 4 members (excludes halogenated alkanes) is 1. The second-order valence-corrected chi connectivity index (χ2v) is 4.60. The molecule has 0 unspecified atom stereocenters. The first-order valence-corrected chi connectivity index (χ1v) is 6.58. The third kappa shape index (κ3) is 4.34. The number of nitrogens with zero attached hydrogens (tertiary/aromatic N) is 2. The van der Waals surface area contributed by atoms with Gasteiger partial charge in [-0.25, -0.2) is 0 Å². The van der Waals surface area contributed by atoms with Crippen molar-refractivity contribution in [1.29, 1.82) is 0 Å². The van der Waals surface area contributed by atoms with E-state index < -0.39 is 0 Å². The van der Waals surface area contributed by atoms with Crippen molar-refractivity contribution in [2.24, 2.45) is 7.05 Å². The summed E-state index contributed by atoms with van der Waals surface area (Å²) in [5.41, 5.74) is 2.54. The Morgan fingerprint density at radius 3 is 2.67 bits per heavy atom. The van der Waals surface area contributed by atoms with Crippen LogP contribution in [0.2, 0.25) is 0 Å².